The topological polar surface area (TPSA) is 38.5 Å². The van der Waals surface area contributed by atoms with Gasteiger partial charge in [0.2, 0.25) is 0 Å². The third kappa shape index (κ3) is 3.16. The molecular weight excluding hydrogens is 188 g/mol. The number of ether oxygens (including phenoxy) is 1. The summed E-state index contributed by atoms with van der Waals surface area (Å²) in [5.41, 5.74) is 5.61. The molecule has 0 aromatic carbocycles. The lowest BCUT2D eigenvalue weighted by Crippen LogP contribution is -2.44. The highest BCUT2D eigenvalue weighted by Gasteiger charge is 2.25. The fourth-order valence-corrected chi connectivity index (χ4v) is 2.89. The molecule has 0 radical (unpaired) electrons. The van der Waals surface area contributed by atoms with Crippen LogP contribution in [0, 0.1) is 5.92 Å². The first-order chi connectivity index (χ1) is 7.40. The van der Waals surface area contributed by atoms with Gasteiger partial charge >= 0.3 is 0 Å². The van der Waals surface area contributed by atoms with Gasteiger partial charge in [0.15, 0.2) is 0 Å². The van der Waals surface area contributed by atoms with Crippen LogP contribution in [-0.2, 0) is 4.74 Å². The van der Waals surface area contributed by atoms with E-state index >= 15 is 0 Å². The van der Waals surface area contributed by atoms with Crippen molar-refractivity contribution < 1.29 is 4.74 Å². The number of piperidine rings is 1. The summed E-state index contributed by atoms with van der Waals surface area (Å²) in [6.45, 7) is 5.37. The Bertz CT molecular complexity index is 172. The van der Waals surface area contributed by atoms with Crippen molar-refractivity contribution in [3.8, 4) is 0 Å². The standard InChI is InChI=1S/C12H24N2O/c13-6-1-11-2-7-14(8-3-11)12-4-9-15-10-5-12/h11-12H,1-10,13H2. The molecular formula is C12H24N2O. The van der Waals surface area contributed by atoms with Crippen molar-refractivity contribution in [3.05, 3.63) is 0 Å². The molecule has 0 saturated carbocycles. The average molecular weight is 212 g/mol. The SMILES string of the molecule is NCCC1CCN(C2CCOCC2)CC1. The van der Waals surface area contributed by atoms with Gasteiger partial charge in [-0.25, -0.2) is 0 Å². The lowest BCUT2D eigenvalue weighted by molar-refractivity contribution is 0.0207. The lowest BCUT2D eigenvalue weighted by atomic mass is 9.92. The molecule has 15 heavy (non-hydrogen) atoms. The minimum Gasteiger partial charge on any atom is -0.381 e. The maximum absolute atomic E-state index is 5.61. The smallest absolute Gasteiger partial charge is 0.0480 e. The predicted molar refractivity (Wildman–Crippen MR) is 61.8 cm³/mol. The molecule has 0 amide bonds. The summed E-state index contributed by atoms with van der Waals surface area (Å²) < 4.78 is 5.41. The van der Waals surface area contributed by atoms with Crippen molar-refractivity contribution in [2.24, 2.45) is 11.7 Å². The molecule has 2 aliphatic heterocycles. The predicted octanol–water partition coefficient (Wildman–Crippen LogP) is 1.23. The van der Waals surface area contributed by atoms with E-state index in [1.165, 1.54) is 45.2 Å². The van der Waals surface area contributed by atoms with E-state index in [2.05, 4.69) is 4.90 Å². The van der Waals surface area contributed by atoms with Gasteiger partial charge in [0.1, 0.15) is 0 Å². The minimum absolute atomic E-state index is 0.803. The first-order valence-electron chi connectivity index (χ1n) is 6.42. The molecule has 0 spiro atoms. The summed E-state index contributed by atoms with van der Waals surface area (Å²) in [6.07, 6.45) is 6.41. The first-order valence-corrected chi connectivity index (χ1v) is 6.42. The van der Waals surface area contributed by atoms with Crippen LogP contribution in [0.2, 0.25) is 0 Å². The molecule has 3 nitrogen and oxygen atoms in total. The number of nitrogens with two attached hydrogens (primary N) is 1. The van der Waals surface area contributed by atoms with Crippen molar-refractivity contribution in [2.45, 2.75) is 38.1 Å². The van der Waals surface area contributed by atoms with Gasteiger partial charge in [-0.2, -0.15) is 0 Å². The Kier molecular flexibility index (Phi) is 4.42. The Hall–Kier alpha value is -0.120. The number of hydrogen-bond donors (Lipinski definition) is 1. The molecule has 0 bridgehead atoms. The molecule has 3 heteroatoms. The number of hydrogen-bond acceptors (Lipinski definition) is 3. The molecule has 2 fully saturated rings. The van der Waals surface area contributed by atoms with E-state index in [9.17, 15) is 0 Å². The molecule has 0 aliphatic carbocycles. The largest absolute Gasteiger partial charge is 0.381 e. The molecule has 88 valence electrons. The summed E-state index contributed by atoms with van der Waals surface area (Å²) in [4.78, 5) is 2.68. The van der Waals surface area contributed by atoms with Crippen LogP contribution in [0.3, 0.4) is 0 Å². The lowest BCUT2D eigenvalue weighted by Gasteiger charge is -2.39. The zero-order valence-electron chi connectivity index (χ0n) is 9.66. The van der Waals surface area contributed by atoms with Gasteiger partial charge in [0.25, 0.3) is 0 Å². The molecule has 2 N–H and O–H groups in total. The number of nitrogens with zero attached hydrogens (tertiary/aromatic N) is 1. The van der Waals surface area contributed by atoms with Crippen LogP contribution in [0.15, 0.2) is 0 Å². The monoisotopic (exact) mass is 212 g/mol. The van der Waals surface area contributed by atoms with E-state index in [1.54, 1.807) is 0 Å². The summed E-state index contributed by atoms with van der Waals surface area (Å²) in [5.74, 6) is 0.895. The second-order valence-corrected chi connectivity index (χ2v) is 4.90. The van der Waals surface area contributed by atoms with E-state index in [1.807, 2.05) is 0 Å². The number of likely N-dealkylation sites (tertiary alicyclic amines) is 1. The van der Waals surface area contributed by atoms with Crippen LogP contribution in [0.5, 0.6) is 0 Å². The third-order valence-electron chi connectivity index (χ3n) is 3.93. The quantitative estimate of drug-likeness (QED) is 0.764. The van der Waals surface area contributed by atoms with Crippen LogP contribution < -0.4 is 5.73 Å². The summed E-state index contributed by atoms with van der Waals surface area (Å²) in [7, 11) is 0. The van der Waals surface area contributed by atoms with Gasteiger partial charge in [-0.3, -0.25) is 0 Å². The van der Waals surface area contributed by atoms with Crippen LogP contribution in [0.25, 0.3) is 0 Å². The fourth-order valence-electron chi connectivity index (χ4n) is 2.89. The molecule has 0 atom stereocenters. The highest BCUT2D eigenvalue weighted by Crippen LogP contribution is 2.24. The van der Waals surface area contributed by atoms with Crippen LogP contribution in [0.1, 0.15) is 32.1 Å². The van der Waals surface area contributed by atoms with Crippen molar-refractivity contribution in [1.29, 1.82) is 0 Å². The van der Waals surface area contributed by atoms with E-state index in [0.717, 1.165) is 31.7 Å². The van der Waals surface area contributed by atoms with Crippen LogP contribution >= 0.6 is 0 Å². The minimum atomic E-state index is 0.803. The molecule has 0 unspecified atom stereocenters. The van der Waals surface area contributed by atoms with Gasteiger partial charge in [0.05, 0.1) is 0 Å². The van der Waals surface area contributed by atoms with Gasteiger partial charge in [-0.15, -0.1) is 0 Å². The molecule has 2 saturated heterocycles. The average Bonchev–Trinajstić information content (AvgIpc) is 2.32. The summed E-state index contributed by atoms with van der Waals surface area (Å²) >= 11 is 0. The fraction of sp³-hybridized carbons (Fsp3) is 1.00. The van der Waals surface area contributed by atoms with Crippen molar-refractivity contribution in [3.63, 3.8) is 0 Å². The second-order valence-electron chi connectivity index (χ2n) is 4.90. The highest BCUT2D eigenvalue weighted by atomic mass is 16.5. The number of rotatable bonds is 3. The summed E-state index contributed by atoms with van der Waals surface area (Å²) in [6, 6.07) is 0.803. The third-order valence-corrected chi connectivity index (χ3v) is 3.93. The van der Waals surface area contributed by atoms with E-state index in [-0.39, 0.29) is 0 Å². The first kappa shape index (κ1) is 11.4. The molecule has 2 aliphatic rings. The molecule has 2 rings (SSSR count). The Balaban J connectivity index is 1.72. The molecule has 2 heterocycles. The molecule has 0 aromatic rings. The van der Waals surface area contributed by atoms with Gasteiger partial charge in [0, 0.05) is 19.3 Å². The Morgan fingerprint density at radius 3 is 2.33 bits per heavy atom. The van der Waals surface area contributed by atoms with Crippen LogP contribution in [0.4, 0.5) is 0 Å². The van der Waals surface area contributed by atoms with Crippen molar-refractivity contribution in [2.75, 3.05) is 32.8 Å². The van der Waals surface area contributed by atoms with Crippen molar-refractivity contribution >= 4 is 0 Å². The van der Waals surface area contributed by atoms with E-state index < -0.39 is 0 Å². The van der Waals surface area contributed by atoms with Crippen LogP contribution in [-0.4, -0.2) is 43.8 Å². The van der Waals surface area contributed by atoms with E-state index in [0.29, 0.717) is 0 Å². The Morgan fingerprint density at radius 1 is 1.07 bits per heavy atom. The maximum Gasteiger partial charge on any atom is 0.0480 e. The van der Waals surface area contributed by atoms with E-state index in [4.69, 9.17) is 10.5 Å². The summed E-state index contributed by atoms with van der Waals surface area (Å²) in [5, 5.41) is 0. The maximum atomic E-state index is 5.61. The molecule has 0 aromatic heterocycles. The zero-order valence-corrected chi connectivity index (χ0v) is 9.66. The normalized spacial score (nSPS) is 27.0. The zero-order chi connectivity index (χ0) is 10.5. The second kappa shape index (κ2) is 5.83. The van der Waals surface area contributed by atoms with Crippen molar-refractivity contribution in [1.82, 2.24) is 4.90 Å². The Labute approximate surface area is 93.0 Å². The van der Waals surface area contributed by atoms with Gasteiger partial charge in [-0.1, -0.05) is 0 Å². The van der Waals surface area contributed by atoms with Gasteiger partial charge < -0.3 is 15.4 Å². The highest BCUT2D eigenvalue weighted by molar-refractivity contribution is 4.80. The van der Waals surface area contributed by atoms with Gasteiger partial charge in [-0.05, 0) is 57.7 Å². The Morgan fingerprint density at radius 2 is 1.73 bits per heavy atom.